The van der Waals surface area contributed by atoms with Crippen LogP contribution >= 0.6 is 0 Å². The van der Waals surface area contributed by atoms with Gasteiger partial charge in [0.25, 0.3) is 0 Å². The van der Waals surface area contributed by atoms with Crippen molar-refractivity contribution in [3.8, 4) is 5.75 Å². The van der Waals surface area contributed by atoms with E-state index in [1.165, 1.54) is 24.0 Å². The number of rotatable bonds is 5. The van der Waals surface area contributed by atoms with Crippen LogP contribution in [0.15, 0.2) is 18.2 Å². The molecule has 0 aromatic heterocycles. The summed E-state index contributed by atoms with van der Waals surface area (Å²) >= 11 is 0. The predicted molar refractivity (Wildman–Crippen MR) is 89.5 cm³/mol. The summed E-state index contributed by atoms with van der Waals surface area (Å²) in [5, 5.41) is 10.7. The van der Waals surface area contributed by atoms with Crippen molar-refractivity contribution in [2.24, 2.45) is 5.92 Å². The van der Waals surface area contributed by atoms with E-state index in [0.717, 1.165) is 5.75 Å². The normalized spacial score (nSPS) is 20.4. The fourth-order valence-corrected chi connectivity index (χ4v) is 3.04. The number of likely N-dealkylation sites (tertiary alicyclic amines) is 1. The molecule has 1 saturated carbocycles. The van der Waals surface area contributed by atoms with Gasteiger partial charge in [0.1, 0.15) is 18.0 Å². The highest BCUT2D eigenvalue weighted by Gasteiger charge is 2.36. The maximum atomic E-state index is 12.1. The fraction of sp³-hybridized carbons (Fsp3) is 0.632. The van der Waals surface area contributed by atoms with Crippen LogP contribution in [0.5, 0.6) is 5.75 Å². The lowest BCUT2D eigenvalue weighted by Gasteiger charge is -2.38. The molecule has 2 aliphatic rings. The Kier molecular flexibility index (Phi) is 4.62. The van der Waals surface area contributed by atoms with Gasteiger partial charge in [0.15, 0.2) is 0 Å². The Morgan fingerprint density at radius 2 is 1.96 bits per heavy atom. The van der Waals surface area contributed by atoms with E-state index in [1.807, 2.05) is 23.1 Å². The van der Waals surface area contributed by atoms with E-state index >= 15 is 0 Å². The molecule has 0 atom stereocenters. The first-order valence-electron chi connectivity index (χ1n) is 8.65. The number of piperidine rings is 1. The van der Waals surface area contributed by atoms with Gasteiger partial charge in [0, 0.05) is 19.5 Å². The Morgan fingerprint density at radius 1 is 1.26 bits per heavy atom. The number of aliphatic hydroxyl groups is 1. The van der Waals surface area contributed by atoms with Crippen molar-refractivity contribution in [2.45, 2.75) is 51.6 Å². The molecule has 4 nitrogen and oxygen atoms in total. The Bertz CT molecular complexity index is 572. The maximum absolute atomic E-state index is 12.1. The van der Waals surface area contributed by atoms with Crippen LogP contribution in [0.1, 0.15) is 43.2 Å². The Balaban J connectivity index is 1.48. The number of amides is 1. The van der Waals surface area contributed by atoms with Gasteiger partial charge in [-0.2, -0.15) is 0 Å². The number of nitrogens with zero attached hydrogens (tertiary/aromatic N) is 1. The summed E-state index contributed by atoms with van der Waals surface area (Å²) in [6.07, 6.45) is 4.28. The topological polar surface area (TPSA) is 49.8 Å². The summed E-state index contributed by atoms with van der Waals surface area (Å²) in [4.78, 5) is 14.0. The van der Waals surface area contributed by atoms with Crippen molar-refractivity contribution in [3.05, 3.63) is 29.3 Å². The van der Waals surface area contributed by atoms with E-state index in [4.69, 9.17) is 4.74 Å². The van der Waals surface area contributed by atoms with Gasteiger partial charge in [-0.3, -0.25) is 4.79 Å². The molecule has 1 heterocycles. The average Bonchev–Trinajstić information content (AvgIpc) is 3.33. The van der Waals surface area contributed by atoms with Gasteiger partial charge in [-0.1, -0.05) is 6.07 Å². The van der Waals surface area contributed by atoms with Gasteiger partial charge in [0.05, 0.1) is 0 Å². The number of carbonyl (C=O) groups excluding carboxylic acids is 1. The zero-order valence-corrected chi connectivity index (χ0v) is 14.2. The lowest BCUT2D eigenvalue weighted by atomic mass is 9.92. The second-order valence-electron chi connectivity index (χ2n) is 7.29. The molecule has 1 amide bonds. The summed E-state index contributed by atoms with van der Waals surface area (Å²) < 4.78 is 5.80. The van der Waals surface area contributed by atoms with E-state index < -0.39 is 5.60 Å². The average molecular weight is 317 g/mol. The summed E-state index contributed by atoms with van der Waals surface area (Å²) in [7, 11) is 0. The Labute approximate surface area is 138 Å². The minimum atomic E-state index is -0.824. The van der Waals surface area contributed by atoms with Crippen LogP contribution in [0.2, 0.25) is 0 Å². The van der Waals surface area contributed by atoms with Gasteiger partial charge in [-0.25, -0.2) is 0 Å². The molecule has 23 heavy (non-hydrogen) atoms. The van der Waals surface area contributed by atoms with Crippen LogP contribution in [0.3, 0.4) is 0 Å². The maximum Gasteiger partial charge on any atom is 0.222 e. The molecular formula is C19H27NO3. The smallest absolute Gasteiger partial charge is 0.222 e. The molecule has 0 radical (unpaired) electrons. The number of aryl methyl sites for hydroxylation is 2. The highest BCUT2D eigenvalue weighted by atomic mass is 16.5. The molecule has 0 unspecified atom stereocenters. The third-order valence-corrected chi connectivity index (χ3v) is 5.19. The van der Waals surface area contributed by atoms with Crippen LogP contribution < -0.4 is 4.74 Å². The quantitative estimate of drug-likeness (QED) is 0.908. The molecule has 1 saturated heterocycles. The Hall–Kier alpha value is -1.55. The van der Waals surface area contributed by atoms with Crippen LogP contribution in [0.25, 0.3) is 0 Å². The number of carbonyl (C=O) groups is 1. The highest BCUT2D eigenvalue weighted by Crippen LogP contribution is 2.33. The standard InChI is InChI=1S/C19H27NO3/c1-14-3-6-17(11-15(14)2)23-13-19(22)7-9-20(10-8-19)18(21)12-16-4-5-16/h3,6,11,16,22H,4-5,7-10,12-13H2,1-2H3. The van der Waals surface area contributed by atoms with Crippen molar-refractivity contribution in [2.75, 3.05) is 19.7 Å². The highest BCUT2D eigenvalue weighted by molar-refractivity contribution is 5.76. The first kappa shape index (κ1) is 16.3. The van der Waals surface area contributed by atoms with E-state index in [-0.39, 0.29) is 5.91 Å². The monoisotopic (exact) mass is 317 g/mol. The molecule has 126 valence electrons. The largest absolute Gasteiger partial charge is 0.491 e. The van der Waals surface area contributed by atoms with Gasteiger partial charge < -0.3 is 14.7 Å². The summed E-state index contributed by atoms with van der Waals surface area (Å²) in [5.74, 6) is 1.68. The molecule has 1 aromatic rings. The molecule has 0 spiro atoms. The zero-order chi connectivity index (χ0) is 16.4. The molecule has 1 N–H and O–H groups in total. The van der Waals surface area contributed by atoms with Gasteiger partial charge in [0.2, 0.25) is 5.91 Å². The lowest BCUT2D eigenvalue weighted by Crippen LogP contribution is -2.49. The molecule has 4 heteroatoms. The van der Waals surface area contributed by atoms with Crippen LogP contribution in [0.4, 0.5) is 0 Å². The third-order valence-electron chi connectivity index (χ3n) is 5.19. The lowest BCUT2D eigenvalue weighted by molar-refractivity contribution is -0.136. The molecule has 1 aliphatic heterocycles. The summed E-state index contributed by atoms with van der Waals surface area (Å²) in [6.45, 7) is 5.69. The van der Waals surface area contributed by atoms with Crippen molar-refractivity contribution in [1.29, 1.82) is 0 Å². The summed E-state index contributed by atoms with van der Waals surface area (Å²) in [5.41, 5.74) is 1.60. The molecular weight excluding hydrogens is 290 g/mol. The molecule has 3 rings (SSSR count). The molecule has 1 aliphatic carbocycles. The molecule has 2 fully saturated rings. The predicted octanol–water partition coefficient (Wildman–Crippen LogP) is 2.84. The van der Waals surface area contributed by atoms with E-state index in [2.05, 4.69) is 13.8 Å². The van der Waals surface area contributed by atoms with Gasteiger partial charge >= 0.3 is 0 Å². The Morgan fingerprint density at radius 3 is 2.57 bits per heavy atom. The number of hydrogen-bond acceptors (Lipinski definition) is 3. The molecule has 1 aromatic carbocycles. The second-order valence-corrected chi connectivity index (χ2v) is 7.29. The number of ether oxygens (including phenoxy) is 1. The second kappa shape index (κ2) is 6.52. The van der Waals surface area contributed by atoms with Crippen LogP contribution in [-0.4, -0.2) is 41.2 Å². The first-order chi connectivity index (χ1) is 11.0. The zero-order valence-electron chi connectivity index (χ0n) is 14.2. The fourth-order valence-electron chi connectivity index (χ4n) is 3.04. The minimum Gasteiger partial charge on any atom is -0.491 e. The van der Waals surface area contributed by atoms with Crippen molar-refractivity contribution < 1.29 is 14.6 Å². The van der Waals surface area contributed by atoms with E-state index in [0.29, 0.717) is 44.9 Å². The van der Waals surface area contributed by atoms with E-state index in [1.54, 1.807) is 0 Å². The van der Waals surface area contributed by atoms with Crippen molar-refractivity contribution in [1.82, 2.24) is 4.90 Å². The number of hydrogen-bond donors (Lipinski definition) is 1. The van der Waals surface area contributed by atoms with Crippen molar-refractivity contribution >= 4 is 5.91 Å². The minimum absolute atomic E-state index is 0.254. The first-order valence-corrected chi connectivity index (χ1v) is 8.65. The van der Waals surface area contributed by atoms with Crippen LogP contribution in [-0.2, 0) is 4.79 Å². The molecule has 0 bridgehead atoms. The van der Waals surface area contributed by atoms with Gasteiger partial charge in [-0.05, 0) is 68.7 Å². The van der Waals surface area contributed by atoms with Crippen molar-refractivity contribution in [3.63, 3.8) is 0 Å². The SMILES string of the molecule is Cc1ccc(OCC2(O)CCN(C(=O)CC3CC3)CC2)cc1C. The third kappa shape index (κ3) is 4.25. The van der Waals surface area contributed by atoms with Gasteiger partial charge in [-0.15, -0.1) is 0 Å². The van der Waals surface area contributed by atoms with E-state index in [9.17, 15) is 9.90 Å². The number of benzene rings is 1. The van der Waals surface area contributed by atoms with Crippen LogP contribution in [0, 0.1) is 19.8 Å². The summed E-state index contributed by atoms with van der Waals surface area (Å²) in [6, 6.07) is 5.99.